The number of carbonyl (C=O) groups is 1. The van der Waals surface area contributed by atoms with Gasteiger partial charge in [0, 0.05) is 36.9 Å². The largest absolute Gasteiger partial charge is 0.355 e. The molecule has 0 unspecified atom stereocenters. The van der Waals surface area contributed by atoms with Gasteiger partial charge in [-0.3, -0.25) is 9.78 Å². The molecule has 1 aliphatic heterocycles. The second-order valence-electron chi connectivity index (χ2n) is 12.0. The lowest BCUT2D eigenvalue weighted by Crippen LogP contribution is -2.58. The summed E-state index contributed by atoms with van der Waals surface area (Å²) < 4.78 is 33.2. The fourth-order valence-electron chi connectivity index (χ4n) is 6.20. The molecule has 4 heterocycles. The number of rotatable bonds is 7. The van der Waals surface area contributed by atoms with Crippen LogP contribution < -0.4 is 10.6 Å². The summed E-state index contributed by atoms with van der Waals surface area (Å²) in [7, 11) is 0. The van der Waals surface area contributed by atoms with Gasteiger partial charge in [0.25, 0.3) is 0 Å². The first-order chi connectivity index (χ1) is 21.8. The predicted molar refractivity (Wildman–Crippen MR) is 175 cm³/mol. The molecule has 3 aromatic heterocycles. The summed E-state index contributed by atoms with van der Waals surface area (Å²) in [6.07, 6.45) is 4.35. The van der Waals surface area contributed by atoms with Gasteiger partial charge in [0.05, 0.1) is 19.5 Å². The van der Waals surface area contributed by atoms with E-state index in [1.54, 1.807) is 35.4 Å². The molecule has 44 heavy (non-hydrogen) atoms. The van der Waals surface area contributed by atoms with Gasteiger partial charge in [-0.05, 0) is 55.0 Å². The third kappa shape index (κ3) is 5.31. The first-order valence-electron chi connectivity index (χ1n) is 15.9. The second kappa shape index (κ2) is 12.1. The molecule has 1 aromatic carbocycles. The number of aromatic nitrogens is 4. The Morgan fingerprint density at radius 1 is 1.09 bits per heavy atom. The number of pyridine rings is 2. The predicted octanol–water partition coefficient (Wildman–Crippen LogP) is 6.48. The van der Waals surface area contributed by atoms with E-state index in [4.69, 9.17) is 7.73 Å². The number of hydrogen-bond donors (Lipinski definition) is 0. The first-order valence-corrected chi connectivity index (χ1v) is 14.9. The number of nitrogens with zero attached hydrogens (tertiary/aromatic N) is 6. The van der Waals surface area contributed by atoms with Gasteiger partial charge in [-0.2, -0.15) is 4.98 Å². The molecule has 1 aliphatic rings. The summed E-state index contributed by atoms with van der Waals surface area (Å²) in [6, 6.07) is 9.59. The Bertz CT molecular complexity index is 1880. The monoisotopic (exact) mass is 596 g/mol. The molecular formula is C35H39FN6O2. The fourth-order valence-corrected chi connectivity index (χ4v) is 6.20. The highest BCUT2D eigenvalue weighted by atomic mass is 19.1. The van der Waals surface area contributed by atoms with Crippen LogP contribution in [0.2, 0.25) is 0 Å². The Hall–Kier alpha value is -4.66. The zero-order valence-corrected chi connectivity index (χ0v) is 26.0. The highest BCUT2D eigenvalue weighted by molar-refractivity contribution is 5.92. The molecule has 0 saturated carbocycles. The van der Waals surface area contributed by atoms with Crippen molar-refractivity contribution in [3.8, 4) is 16.9 Å². The smallest absolute Gasteiger partial charge is 0.347 e. The summed E-state index contributed by atoms with van der Waals surface area (Å²) in [4.78, 5) is 44.6. The van der Waals surface area contributed by atoms with Crippen LogP contribution in [0.5, 0.6) is 0 Å². The first kappa shape index (κ1) is 28.1. The zero-order valence-electron chi connectivity index (χ0n) is 28.0. The third-order valence-electron chi connectivity index (χ3n) is 8.20. The minimum absolute atomic E-state index is 0.0190. The minimum atomic E-state index is -0.641. The number of halogens is 1. The molecule has 1 fully saturated rings. The lowest BCUT2D eigenvalue weighted by atomic mass is 9.97. The number of benzene rings is 1. The van der Waals surface area contributed by atoms with Crippen molar-refractivity contribution in [3.63, 3.8) is 0 Å². The van der Waals surface area contributed by atoms with Crippen molar-refractivity contribution in [2.45, 2.75) is 65.5 Å². The minimum Gasteiger partial charge on any atom is -0.347 e. The van der Waals surface area contributed by atoms with E-state index in [9.17, 15) is 9.59 Å². The van der Waals surface area contributed by atoms with Crippen LogP contribution in [0.1, 0.15) is 72.9 Å². The number of anilines is 1. The Morgan fingerprint density at radius 3 is 2.43 bits per heavy atom. The number of amides is 1. The van der Waals surface area contributed by atoms with Crippen molar-refractivity contribution in [2.24, 2.45) is 0 Å². The molecule has 4 aromatic rings. The van der Waals surface area contributed by atoms with Crippen LogP contribution in [0.4, 0.5) is 10.2 Å². The van der Waals surface area contributed by atoms with Crippen molar-refractivity contribution >= 4 is 28.8 Å². The highest BCUT2D eigenvalue weighted by Gasteiger charge is 2.35. The van der Waals surface area contributed by atoms with Crippen molar-refractivity contribution in [3.05, 3.63) is 94.9 Å². The van der Waals surface area contributed by atoms with Crippen molar-refractivity contribution < 1.29 is 11.9 Å². The molecule has 1 saturated heterocycles. The summed E-state index contributed by atoms with van der Waals surface area (Å²) >= 11 is 0. The van der Waals surface area contributed by atoms with E-state index in [-0.39, 0.29) is 47.0 Å². The number of carbonyl (C=O) groups excluding carboxylic acids is 1. The van der Waals surface area contributed by atoms with E-state index < -0.39 is 18.0 Å². The van der Waals surface area contributed by atoms with E-state index in [0.717, 1.165) is 5.56 Å². The van der Waals surface area contributed by atoms with E-state index in [1.807, 2.05) is 52.5 Å². The van der Waals surface area contributed by atoms with E-state index >= 15 is 4.39 Å². The van der Waals surface area contributed by atoms with Gasteiger partial charge in [0.1, 0.15) is 17.3 Å². The van der Waals surface area contributed by atoms with Crippen LogP contribution in [0, 0.1) is 5.82 Å². The topological polar surface area (TPSA) is 84.2 Å². The number of hydrogen-bond acceptors (Lipinski definition) is 6. The molecule has 2 atom stereocenters. The molecule has 0 N–H and O–H groups in total. The van der Waals surface area contributed by atoms with Crippen molar-refractivity contribution in [1.29, 1.82) is 0 Å². The van der Waals surface area contributed by atoms with Crippen LogP contribution >= 0.6 is 0 Å². The summed E-state index contributed by atoms with van der Waals surface area (Å²) in [6.45, 7) is 15.9. The van der Waals surface area contributed by atoms with Crippen molar-refractivity contribution in [2.75, 3.05) is 18.0 Å². The summed E-state index contributed by atoms with van der Waals surface area (Å²) in [5.41, 5.74) is 2.58. The Kier molecular flexibility index (Phi) is 7.77. The summed E-state index contributed by atoms with van der Waals surface area (Å²) in [5, 5.41) is 0.339. The SMILES string of the molecule is [2H]C([2H])=Cc1ccccc1-c1nc2c(cc1F)c(N1[C@@H](C)CN(C(=O)C=C)C[C@@H]1C)nc(=O)n2-c1c(C(C)C)ccnc1C(C)C. The highest BCUT2D eigenvalue weighted by Crippen LogP contribution is 2.36. The average Bonchev–Trinajstić information content (AvgIpc) is 3.00. The van der Waals surface area contributed by atoms with Gasteiger partial charge in [-0.1, -0.05) is 71.1 Å². The van der Waals surface area contributed by atoms with E-state index in [2.05, 4.69) is 16.5 Å². The van der Waals surface area contributed by atoms with Gasteiger partial charge in [-0.15, -0.1) is 0 Å². The Balaban J connectivity index is 1.89. The maximum Gasteiger partial charge on any atom is 0.355 e. The Morgan fingerprint density at radius 2 is 1.80 bits per heavy atom. The van der Waals surface area contributed by atoms with Crippen LogP contribution in [-0.4, -0.2) is 55.5 Å². The normalized spacial score (nSPS) is 17.6. The lowest BCUT2D eigenvalue weighted by molar-refractivity contribution is -0.127. The van der Waals surface area contributed by atoms with Crippen molar-refractivity contribution in [1.82, 2.24) is 24.4 Å². The zero-order chi connectivity index (χ0) is 33.4. The molecule has 1 amide bonds. The van der Waals surface area contributed by atoms with Gasteiger partial charge in [0.2, 0.25) is 5.91 Å². The van der Waals surface area contributed by atoms with Gasteiger partial charge < -0.3 is 9.80 Å². The molecule has 5 rings (SSSR count). The van der Waals surface area contributed by atoms with E-state index in [0.29, 0.717) is 41.0 Å². The van der Waals surface area contributed by atoms with E-state index in [1.165, 1.54) is 22.8 Å². The molecule has 8 nitrogen and oxygen atoms in total. The molecule has 0 aliphatic carbocycles. The molecule has 0 bridgehead atoms. The Labute approximate surface area is 260 Å². The number of piperazine rings is 1. The molecule has 0 spiro atoms. The third-order valence-corrected chi connectivity index (χ3v) is 8.20. The quantitative estimate of drug-likeness (QED) is 0.227. The molecule has 9 heteroatoms. The van der Waals surface area contributed by atoms with Gasteiger partial charge in [0.15, 0.2) is 5.65 Å². The number of fused-ring (bicyclic) bond motifs is 1. The average molecular weight is 597 g/mol. The maximum atomic E-state index is 16.3. The second-order valence-corrected chi connectivity index (χ2v) is 12.0. The van der Waals surface area contributed by atoms with Gasteiger partial charge in [-0.25, -0.2) is 18.7 Å². The fraction of sp³-hybridized carbons (Fsp3) is 0.343. The lowest BCUT2D eigenvalue weighted by Gasteiger charge is -2.45. The molecule has 0 radical (unpaired) electrons. The standard InChI is InChI=1S/C35H39FN6O2/c1-9-24-13-11-12-14-26(24)31-28(36)17-27-33(38-31)42(32-25(20(3)4)15-16-37-30(32)21(5)6)35(44)39-34(27)41-22(7)18-40(19-23(41)8)29(43)10-2/h9-17,20-23H,1-2,18-19H2,3-8H3/t22-,23-/m0/s1/i1D2. The van der Waals surface area contributed by atoms with Crippen LogP contribution in [0.25, 0.3) is 34.1 Å². The van der Waals surface area contributed by atoms with Crippen LogP contribution in [0.15, 0.2) is 66.6 Å². The molecule has 228 valence electrons. The van der Waals surface area contributed by atoms with Crippen LogP contribution in [-0.2, 0) is 4.79 Å². The molecular weight excluding hydrogens is 555 g/mol. The maximum absolute atomic E-state index is 16.3. The van der Waals surface area contributed by atoms with Gasteiger partial charge >= 0.3 is 5.69 Å². The van der Waals surface area contributed by atoms with Crippen LogP contribution in [0.3, 0.4) is 0 Å². The summed E-state index contributed by atoms with van der Waals surface area (Å²) in [5.74, 6) is -0.568.